The molecule has 6 heteroatoms. The Hall–Kier alpha value is -3.38. The molecule has 1 atom stereocenters. The summed E-state index contributed by atoms with van der Waals surface area (Å²) >= 11 is 0. The number of hydrogen-bond donors (Lipinski definition) is 3. The lowest BCUT2D eigenvalue weighted by Crippen LogP contribution is -2.24. The van der Waals surface area contributed by atoms with Crippen molar-refractivity contribution in [2.75, 3.05) is 18.6 Å². The average Bonchev–Trinajstić information content (AvgIpc) is 3.16. The summed E-state index contributed by atoms with van der Waals surface area (Å²) in [5.41, 5.74) is 12.9. The van der Waals surface area contributed by atoms with Crippen molar-refractivity contribution in [2.24, 2.45) is 11.7 Å². The molecular weight excluding hydrogens is 390 g/mol. The summed E-state index contributed by atoms with van der Waals surface area (Å²) in [5.74, 6) is -0.441. The van der Waals surface area contributed by atoms with Crippen LogP contribution in [-0.4, -0.2) is 35.6 Å². The number of hydrogen-bond acceptors (Lipinski definition) is 3. The summed E-state index contributed by atoms with van der Waals surface area (Å²) in [6.45, 7) is 5.72. The molecule has 1 unspecified atom stereocenters. The van der Waals surface area contributed by atoms with Crippen molar-refractivity contribution in [3.8, 4) is 11.1 Å². The Morgan fingerprint density at radius 1 is 1.29 bits per heavy atom. The molecule has 0 fully saturated rings. The van der Waals surface area contributed by atoms with Crippen LogP contribution in [0, 0.1) is 12.8 Å². The maximum Gasteiger partial charge on any atom is 0.250 e. The molecule has 0 spiro atoms. The van der Waals surface area contributed by atoms with Gasteiger partial charge in [-0.25, -0.2) is 0 Å². The van der Waals surface area contributed by atoms with Crippen molar-refractivity contribution in [1.29, 1.82) is 0 Å². The maximum absolute atomic E-state index is 12.2. The molecule has 4 rings (SSSR count). The Kier molecular flexibility index (Phi) is 5.41. The molecule has 0 saturated carbocycles. The van der Waals surface area contributed by atoms with Crippen LogP contribution in [0.3, 0.4) is 0 Å². The van der Waals surface area contributed by atoms with Gasteiger partial charge < -0.3 is 20.7 Å². The van der Waals surface area contributed by atoms with E-state index in [1.807, 2.05) is 31.2 Å². The van der Waals surface area contributed by atoms with Gasteiger partial charge in [0.25, 0.3) is 5.91 Å². The minimum Gasteiger partial charge on any atom is -0.396 e. The molecule has 0 saturated heterocycles. The first-order valence-corrected chi connectivity index (χ1v) is 10.4. The molecule has 1 aliphatic carbocycles. The number of nitrogens with two attached hydrogens (primary N) is 1. The molecule has 3 aromatic rings. The highest BCUT2D eigenvalue weighted by Gasteiger charge is 2.26. The third-order valence-electron chi connectivity index (χ3n) is 6.43. The Labute approximate surface area is 181 Å². The van der Waals surface area contributed by atoms with E-state index >= 15 is 0 Å². The number of benzene rings is 2. The fourth-order valence-corrected chi connectivity index (χ4v) is 4.73. The van der Waals surface area contributed by atoms with Crippen LogP contribution in [0.4, 0.5) is 5.69 Å². The number of aryl methyl sites for hydroxylation is 1. The summed E-state index contributed by atoms with van der Waals surface area (Å²) in [7, 11) is 1.73. The first kappa shape index (κ1) is 20.9. The van der Waals surface area contributed by atoms with Crippen LogP contribution in [-0.2, 0) is 17.6 Å². The van der Waals surface area contributed by atoms with E-state index in [1.165, 1.54) is 11.6 Å². The van der Waals surface area contributed by atoms with Gasteiger partial charge in [-0.3, -0.25) is 9.59 Å². The third kappa shape index (κ3) is 3.43. The molecule has 2 amide bonds. The number of fused-ring (bicyclic) bond motifs is 3. The maximum atomic E-state index is 12.2. The van der Waals surface area contributed by atoms with Gasteiger partial charge in [0.15, 0.2) is 0 Å². The number of H-pyrrole nitrogens is 1. The molecule has 4 N–H and O–H groups in total. The second kappa shape index (κ2) is 8.04. The smallest absolute Gasteiger partial charge is 0.250 e. The van der Waals surface area contributed by atoms with E-state index < -0.39 is 5.91 Å². The predicted molar refractivity (Wildman–Crippen MR) is 123 cm³/mol. The van der Waals surface area contributed by atoms with Crippen LogP contribution >= 0.6 is 0 Å². The van der Waals surface area contributed by atoms with E-state index in [1.54, 1.807) is 18.0 Å². The highest BCUT2D eigenvalue weighted by molar-refractivity contribution is 6.11. The summed E-state index contributed by atoms with van der Waals surface area (Å²) in [4.78, 5) is 29.3. The SMILES string of the molecule is C=CC(=O)N(C)c1cccc(-c2ccc(C(N)=O)c3[nH]c4c(c23)CCC(CO)C4)c1C. The standard InChI is InChI=1S/C25H27N3O3/c1-4-22(30)28(3)21-7-5-6-16(14(21)2)17-10-11-19(25(26)31)24-23(17)18-9-8-15(13-29)12-20(18)27-24/h4-7,10-11,15,27,29H,1,8-9,12-13H2,2-3H3,(H2,26,31). The van der Waals surface area contributed by atoms with Gasteiger partial charge in [-0.15, -0.1) is 0 Å². The van der Waals surface area contributed by atoms with Crippen LogP contribution in [0.2, 0.25) is 0 Å². The van der Waals surface area contributed by atoms with E-state index in [0.717, 1.165) is 58.2 Å². The number of nitrogens with one attached hydrogen (secondary N) is 1. The van der Waals surface area contributed by atoms with Crippen LogP contribution in [0.25, 0.3) is 22.0 Å². The van der Waals surface area contributed by atoms with E-state index in [9.17, 15) is 14.7 Å². The molecule has 0 bridgehead atoms. The number of carbonyl (C=O) groups excluding carboxylic acids is 2. The average molecular weight is 418 g/mol. The van der Waals surface area contributed by atoms with Crippen molar-refractivity contribution in [3.05, 3.63) is 65.4 Å². The van der Waals surface area contributed by atoms with Crippen molar-refractivity contribution in [1.82, 2.24) is 4.98 Å². The topological polar surface area (TPSA) is 99.4 Å². The quantitative estimate of drug-likeness (QED) is 0.554. The first-order chi connectivity index (χ1) is 14.9. The van der Waals surface area contributed by atoms with Crippen molar-refractivity contribution in [3.63, 3.8) is 0 Å². The van der Waals surface area contributed by atoms with E-state index in [2.05, 4.69) is 11.6 Å². The molecule has 1 aromatic heterocycles. The number of primary amides is 1. The zero-order valence-electron chi connectivity index (χ0n) is 17.9. The van der Waals surface area contributed by atoms with Crippen LogP contribution in [0.15, 0.2) is 43.0 Å². The molecular formula is C25H27N3O3. The van der Waals surface area contributed by atoms with Gasteiger partial charge in [-0.05, 0) is 72.6 Å². The Balaban J connectivity index is 1.97. The van der Waals surface area contributed by atoms with Gasteiger partial charge in [-0.2, -0.15) is 0 Å². The zero-order valence-corrected chi connectivity index (χ0v) is 17.9. The molecule has 2 aromatic carbocycles. The number of anilines is 1. The molecule has 1 heterocycles. The van der Waals surface area contributed by atoms with Crippen molar-refractivity contribution >= 4 is 28.4 Å². The summed E-state index contributed by atoms with van der Waals surface area (Å²) in [6, 6.07) is 9.57. The number of aromatic nitrogens is 1. The van der Waals surface area contributed by atoms with Crippen molar-refractivity contribution < 1.29 is 14.7 Å². The second-order valence-electron chi connectivity index (χ2n) is 8.20. The highest BCUT2D eigenvalue weighted by Crippen LogP contribution is 2.41. The number of aliphatic hydroxyl groups is 1. The number of amides is 2. The summed E-state index contributed by atoms with van der Waals surface area (Å²) in [5, 5.41) is 10.6. The normalized spacial score (nSPS) is 15.5. The molecule has 0 radical (unpaired) electrons. The lowest BCUT2D eigenvalue weighted by atomic mass is 9.85. The molecule has 0 aliphatic heterocycles. The Bertz CT molecular complexity index is 1210. The van der Waals surface area contributed by atoms with Crippen molar-refractivity contribution in [2.45, 2.75) is 26.2 Å². The number of likely N-dealkylation sites (N-methyl/N-ethyl adjacent to an activating group) is 1. The number of rotatable bonds is 5. The van der Waals surface area contributed by atoms with Gasteiger partial charge in [0.2, 0.25) is 5.91 Å². The van der Waals surface area contributed by atoms with Crippen LogP contribution < -0.4 is 10.6 Å². The molecule has 6 nitrogen and oxygen atoms in total. The number of aromatic amines is 1. The fraction of sp³-hybridized carbons (Fsp3) is 0.280. The minimum absolute atomic E-state index is 0.148. The monoisotopic (exact) mass is 417 g/mol. The number of aliphatic hydroxyl groups excluding tert-OH is 1. The van der Waals surface area contributed by atoms with Crippen LogP contribution in [0.1, 0.15) is 33.6 Å². The summed E-state index contributed by atoms with van der Waals surface area (Å²) < 4.78 is 0. The van der Waals surface area contributed by atoms with Gasteiger partial charge >= 0.3 is 0 Å². The minimum atomic E-state index is -0.476. The summed E-state index contributed by atoms with van der Waals surface area (Å²) in [6.07, 6.45) is 3.76. The zero-order chi connectivity index (χ0) is 22.3. The lowest BCUT2D eigenvalue weighted by Gasteiger charge is -2.22. The molecule has 31 heavy (non-hydrogen) atoms. The van der Waals surface area contributed by atoms with Gasteiger partial charge in [0.1, 0.15) is 0 Å². The first-order valence-electron chi connectivity index (χ1n) is 10.4. The number of carbonyl (C=O) groups is 2. The molecule has 1 aliphatic rings. The Morgan fingerprint density at radius 2 is 2.06 bits per heavy atom. The highest BCUT2D eigenvalue weighted by atomic mass is 16.3. The predicted octanol–water partition coefficient (Wildman–Crippen LogP) is 3.49. The lowest BCUT2D eigenvalue weighted by molar-refractivity contribution is -0.113. The van der Waals surface area contributed by atoms with Gasteiger partial charge in [0.05, 0.1) is 11.1 Å². The Morgan fingerprint density at radius 3 is 2.74 bits per heavy atom. The fourth-order valence-electron chi connectivity index (χ4n) is 4.73. The third-order valence-corrected chi connectivity index (χ3v) is 6.43. The molecule has 160 valence electrons. The second-order valence-corrected chi connectivity index (χ2v) is 8.20. The number of nitrogens with zero attached hydrogens (tertiary/aromatic N) is 1. The largest absolute Gasteiger partial charge is 0.396 e. The van der Waals surface area contributed by atoms with E-state index in [-0.39, 0.29) is 18.4 Å². The van der Waals surface area contributed by atoms with Gasteiger partial charge in [-0.1, -0.05) is 24.8 Å². The van der Waals surface area contributed by atoms with Crippen LogP contribution in [0.5, 0.6) is 0 Å². The van der Waals surface area contributed by atoms with Gasteiger partial charge in [0, 0.05) is 30.4 Å². The van der Waals surface area contributed by atoms with E-state index in [0.29, 0.717) is 5.56 Å². The van der Waals surface area contributed by atoms with E-state index in [4.69, 9.17) is 5.73 Å².